The highest BCUT2D eigenvalue weighted by molar-refractivity contribution is 5.97. The molecule has 0 aromatic heterocycles. The number of aliphatic hydroxyl groups is 2. The summed E-state index contributed by atoms with van der Waals surface area (Å²) in [6.07, 6.45) is 1.88. The molecule has 3 N–H and O–H groups in total. The number of carbonyl (C=O) groups excluding carboxylic acids is 2. The summed E-state index contributed by atoms with van der Waals surface area (Å²) in [5.41, 5.74) is 8.48. The second-order valence-corrected chi connectivity index (χ2v) is 7.09. The van der Waals surface area contributed by atoms with Crippen LogP contribution in [0.15, 0.2) is 35.5 Å². The first-order chi connectivity index (χ1) is 14.7. The zero-order valence-corrected chi connectivity index (χ0v) is 17.2. The van der Waals surface area contributed by atoms with Crippen LogP contribution in [0.3, 0.4) is 0 Å². The lowest BCUT2D eigenvalue weighted by molar-refractivity contribution is -0.127. The number of ketones is 1. The van der Waals surface area contributed by atoms with Crippen LogP contribution in [0.1, 0.15) is 36.2 Å². The molecule has 0 saturated carbocycles. The molecule has 0 saturated heterocycles. The summed E-state index contributed by atoms with van der Waals surface area (Å²) in [6.45, 7) is 3.49. The monoisotopic (exact) mass is 431 g/mol. The van der Waals surface area contributed by atoms with Crippen molar-refractivity contribution in [3.05, 3.63) is 51.9 Å². The van der Waals surface area contributed by atoms with Crippen molar-refractivity contribution in [1.29, 1.82) is 0 Å². The maximum atomic E-state index is 12.8. The summed E-state index contributed by atoms with van der Waals surface area (Å²) in [6, 6.07) is 2.73. The van der Waals surface area contributed by atoms with Crippen molar-refractivity contribution in [1.82, 2.24) is 0 Å². The van der Waals surface area contributed by atoms with E-state index in [1.165, 1.54) is 30.4 Å². The van der Waals surface area contributed by atoms with E-state index in [1.54, 1.807) is 13.8 Å². The van der Waals surface area contributed by atoms with Gasteiger partial charge in [-0.2, -0.15) is 0 Å². The number of esters is 1. The number of fused-ring (bicyclic) bond motifs is 1. The van der Waals surface area contributed by atoms with E-state index in [9.17, 15) is 24.9 Å². The molecule has 0 aliphatic carbocycles. The molecule has 0 fully saturated rings. The molecule has 2 rings (SSSR count). The third-order valence-corrected chi connectivity index (χ3v) is 4.78. The van der Waals surface area contributed by atoms with Crippen molar-refractivity contribution in [2.45, 2.75) is 38.6 Å². The summed E-state index contributed by atoms with van der Waals surface area (Å²) < 4.78 is 10.9. The Morgan fingerprint density at radius 2 is 2.00 bits per heavy atom. The highest BCUT2D eigenvalue weighted by Crippen LogP contribution is 2.31. The van der Waals surface area contributed by atoms with Gasteiger partial charge < -0.3 is 24.8 Å². The Hall–Kier alpha value is -3.33. The number of ether oxygens (including phenoxy) is 2. The molecule has 1 heterocycles. The maximum absolute atomic E-state index is 12.8. The number of phenolic OH excluding ortho intramolecular Hbond substituents is 1. The smallest absolute Gasteiger partial charge is 0.342 e. The largest absolute Gasteiger partial charge is 0.507 e. The minimum Gasteiger partial charge on any atom is -0.507 e. The SMILES string of the molecule is C[C@@H]1/C=C\C(=O)C(O)[C@@H](O)C/C=C/c2cc(OCCN=[N+]=[N-])cc(O)c2C(=O)O[C@H]1C. The second kappa shape index (κ2) is 11.2. The molecular formula is C21H25N3O7. The molecule has 4 atom stereocenters. The van der Waals surface area contributed by atoms with E-state index in [4.69, 9.17) is 15.0 Å². The fraction of sp³-hybridized carbons (Fsp3) is 0.429. The van der Waals surface area contributed by atoms with Gasteiger partial charge in [-0.15, -0.1) is 0 Å². The number of hydrogen-bond acceptors (Lipinski definition) is 8. The molecule has 10 nitrogen and oxygen atoms in total. The molecule has 1 aromatic carbocycles. The Kier molecular flexibility index (Phi) is 8.63. The Morgan fingerprint density at radius 1 is 1.26 bits per heavy atom. The number of nitrogens with zero attached hydrogens (tertiary/aromatic N) is 3. The molecule has 1 aromatic rings. The average Bonchev–Trinajstić information content (AvgIpc) is 2.73. The predicted molar refractivity (Wildman–Crippen MR) is 111 cm³/mol. The molecule has 10 heteroatoms. The zero-order chi connectivity index (χ0) is 23.0. The van der Waals surface area contributed by atoms with Gasteiger partial charge >= 0.3 is 5.97 Å². The second-order valence-electron chi connectivity index (χ2n) is 7.09. The van der Waals surface area contributed by atoms with Crippen molar-refractivity contribution >= 4 is 17.8 Å². The summed E-state index contributed by atoms with van der Waals surface area (Å²) in [4.78, 5) is 27.4. The standard InChI is InChI=1S/C21H25N3O7/c1-12-6-7-17(26)20(28)16(25)5-3-4-14-10-15(30-9-8-23-24-22)11-18(27)19(14)21(29)31-13(12)2/h3-4,6-7,10-13,16,20,25,27-28H,5,8-9H2,1-2H3/b4-3+,7-6-/t12-,13+,16+,20?/m1/s1. The third kappa shape index (κ3) is 6.58. The van der Waals surface area contributed by atoms with Crippen molar-refractivity contribution in [2.75, 3.05) is 13.2 Å². The molecular weight excluding hydrogens is 406 g/mol. The third-order valence-electron chi connectivity index (χ3n) is 4.78. The van der Waals surface area contributed by atoms with Crippen LogP contribution in [0.4, 0.5) is 0 Å². The molecule has 166 valence electrons. The van der Waals surface area contributed by atoms with E-state index < -0.39 is 30.1 Å². The van der Waals surface area contributed by atoms with Gasteiger partial charge in [0.15, 0.2) is 5.78 Å². The number of azide groups is 1. The van der Waals surface area contributed by atoms with Crippen molar-refractivity contribution in [3.63, 3.8) is 0 Å². The Balaban J connectivity index is 2.43. The molecule has 0 spiro atoms. The highest BCUT2D eigenvalue weighted by atomic mass is 16.5. The number of carbonyl (C=O) groups is 2. The first-order valence-corrected chi connectivity index (χ1v) is 9.71. The minimum absolute atomic E-state index is 0.0599. The molecule has 31 heavy (non-hydrogen) atoms. The molecule has 1 aliphatic heterocycles. The van der Waals surface area contributed by atoms with Gasteiger partial charge in [0.1, 0.15) is 29.3 Å². The lowest BCUT2D eigenvalue weighted by Crippen LogP contribution is -2.32. The zero-order valence-electron chi connectivity index (χ0n) is 17.2. The summed E-state index contributed by atoms with van der Waals surface area (Å²) in [5.74, 6) is -1.94. The summed E-state index contributed by atoms with van der Waals surface area (Å²) in [7, 11) is 0. The fourth-order valence-corrected chi connectivity index (χ4v) is 2.80. The van der Waals surface area contributed by atoms with Crippen molar-refractivity contribution in [3.8, 4) is 11.5 Å². The first-order valence-electron chi connectivity index (χ1n) is 9.71. The van der Waals surface area contributed by atoms with Crippen LogP contribution in [0.25, 0.3) is 16.5 Å². The van der Waals surface area contributed by atoms with Gasteiger partial charge in [-0.3, -0.25) is 4.79 Å². The minimum atomic E-state index is -1.60. The lowest BCUT2D eigenvalue weighted by Gasteiger charge is -2.20. The topological polar surface area (TPSA) is 162 Å². The highest BCUT2D eigenvalue weighted by Gasteiger charge is 2.25. The lowest BCUT2D eigenvalue weighted by atomic mass is 9.99. The van der Waals surface area contributed by atoms with Crippen LogP contribution < -0.4 is 4.74 Å². The summed E-state index contributed by atoms with van der Waals surface area (Å²) >= 11 is 0. The maximum Gasteiger partial charge on any atom is 0.342 e. The number of phenols is 1. The van der Waals surface area contributed by atoms with Crippen molar-refractivity contribution in [2.24, 2.45) is 11.0 Å². The Morgan fingerprint density at radius 3 is 2.71 bits per heavy atom. The fourth-order valence-electron chi connectivity index (χ4n) is 2.80. The molecule has 0 amide bonds. The summed E-state index contributed by atoms with van der Waals surface area (Å²) in [5, 5.41) is 33.9. The Labute approximate surface area is 179 Å². The van der Waals surface area contributed by atoms with E-state index >= 15 is 0 Å². The van der Waals surface area contributed by atoms with Gasteiger partial charge in [-0.25, -0.2) is 4.79 Å². The van der Waals surface area contributed by atoms with Crippen LogP contribution in [0, 0.1) is 5.92 Å². The number of aromatic hydroxyl groups is 1. The number of aliphatic hydroxyl groups excluding tert-OH is 2. The van der Waals surface area contributed by atoms with E-state index in [1.807, 2.05) is 0 Å². The van der Waals surface area contributed by atoms with E-state index in [-0.39, 0.29) is 48.1 Å². The molecule has 0 radical (unpaired) electrons. The normalized spacial score (nSPS) is 26.6. The molecule has 0 bridgehead atoms. The van der Waals surface area contributed by atoms with E-state index in [2.05, 4.69) is 10.0 Å². The average molecular weight is 431 g/mol. The first kappa shape index (κ1) is 23.9. The van der Waals surface area contributed by atoms with Crippen molar-refractivity contribution < 1.29 is 34.4 Å². The van der Waals surface area contributed by atoms with Crippen LogP contribution >= 0.6 is 0 Å². The van der Waals surface area contributed by atoms with Gasteiger partial charge in [0.25, 0.3) is 0 Å². The number of cyclic esters (lactones) is 1. The number of benzene rings is 1. The molecule has 1 aliphatic rings. The van der Waals surface area contributed by atoms with Gasteiger partial charge in [0.05, 0.1) is 19.3 Å². The van der Waals surface area contributed by atoms with E-state index in [0.717, 1.165) is 6.08 Å². The Bertz CT molecular complexity index is 922. The predicted octanol–water partition coefficient (Wildman–Crippen LogP) is 2.53. The number of hydrogen-bond donors (Lipinski definition) is 3. The van der Waals surface area contributed by atoms with Crippen LogP contribution in [-0.2, 0) is 9.53 Å². The van der Waals surface area contributed by atoms with Gasteiger partial charge in [-0.05, 0) is 36.6 Å². The van der Waals surface area contributed by atoms with Crippen LogP contribution in [0.5, 0.6) is 11.5 Å². The van der Waals surface area contributed by atoms with Gasteiger partial charge in [0, 0.05) is 16.9 Å². The molecule has 1 unspecified atom stereocenters. The van der Waals surface area contributed by atoms with Crippen LogP contribution in [-0.4, -0.2) is 58.5 Å². The van der Waals surface area contributed by atoms with E-state index in [0.29, 0.717) is 0 Å². The van der Waals surface area contributed by atoms with Crippen LogP contribution in [0.2, 0.25) is 0 Å². The van der Waals surface area contributed by atoms with Gasteiger partial charge in [-0.1, -0.05) is 30.3 Å². The quantitative estimate of drug-likeness (QED) is 0.217. The van der Waals surface area contributed by atoms with Gasteiger partial charge in [0.2, 0.25) is 0 Å². The number of rotatable bonds is 4.